The molecule has 1 aliphatic rings. The molecule has 1 fully saturated rings. The summed E-state index contributed by atoms with van der Waals surface area (Å²) in [6.07, 6.45) is 5.06. The van der Waals surface area contributed by atoms with Crippen LogP contribution < -0.4 is 5.01 Å². The predicted octanol–water partition coefficient (Wildman–Crippen LogP) is 0.674. The van der Waals surface area contributed by atoms with Crippen molar-refractivity contribution in [1.82, 2.24) is 9.66 Å². The van der Waals surface area contributed by atoms with Gasteiger partial charge in [-0.2, -0.15) is 0 Å². The molecule has 0 N–H and O–H groups in total. The zero-order chi connectivity index (χ0) is 11.4. The molecule has 0 aliphatic carbocycles. The molecule has 0 radical (unpaired) electrons. The van der Waals surface area contributed by atoms with Crippen LogP contribution in [-0.2, 0) is 28.0 Å². The molecule has 5 nitrogen and oxygen atoms in total. The number of thiocarbonyl (C=S) groups is 1. The van der Waals surface area contributed by atoms with Crippen LogP contribution in [0, 0.1) is 0 Å². The van der Waals surface area contributed by atoms with Crippen molar-refractivity contribution in [3.05, 3.63) is 18.7 Å². The summed E-state index contributed by atoms with van der Waals surface area (Å²) >= 11 is 7.18. The van der Waals surface area contributed by atoms with Crippen LogP contribution >= 0.6 is 21.7 Å². The van der Waals surface area contributed by atoms with E-state index in [9.17, 15) is 0 Å². The van der Waals surface area contributed by atoms with Gasteiger partial charge in [-0.1, -0.05) is 0 Å². The van der Waals surface area contributed by atoms with Crippen LogP contribution in [0.4, 0.5) is 0 Å². The number of imidazole rings is 1. The molecule has 8 heteroatoms. The minimum absolute atomic E-state index is 0.176. The molecular formula is C8H10MoN3O2S2. The van der Waals surface area contributed by atoms with E-state index >= 15 is 0 Å². The molecule has 87 valence electrons. The number of nitrogens with zero attached hydrogens (tertiary/aromatic N) is 3. The van der Waals surface area contributed by atoms with E-state index in [0.29, 0.717) is 19.8 Å². The summed E-state index contributed by atoms with van der Waals surface area (Å²) in [5, 5.41) is 1.87. The van der Waals surface area contributed by atoms with E-state index in [0.717, 1.165) is 4.32 Å². The fourth-order valence-corrected chi connectivity index (χ4v) is 2.46. The van der Waals surface area contributed by atoms with E-state index in [1.165, 1.54) is 9.47 Å². The number of ether oxygens (including phenoxy) is 2. The topological polar surface area (TPSA) is 39.5 Å². The first kappa shape index (κ1) is 12.5. The zero-order valence-electron chi connectivity index (χ0n) is 8.31. The van der Waals surface area contributed by atoms with Crippen LogP contribution in [0.5, 0.6) is 0 Å². The predicted molar refractivity (Wildman–Crippen MR) is 61.2 cm³/mol. The average Bonchev–Trinajstić information content (AvgIpc) is 2.84. The first-order chi connectivity index (χ1) is 7.83. The Labute approximate surface area is 113 Å². The van der Waals surface area contributed by atoms with Crippen molar-refractivity contribution >= 4 is 26.0 Å². The third-order valence-electron chi connectivity index (χ3n) is 2.07. The summed E-state index contributed by atoms with van der Waals surface area (Å²) in [6, 6.07) is 0. The summed E-state index contributed by atoms with van der Waals surface area (Å²) in [6.45, 7) is 1.74. The quantitative estimate of drug-likeness (QED) is 0.582. The molecule has 0 amide bonds. The minimum atomic E-state index is -0.176. The number of rotatable bonds is 2. The fraction of sp³-hybridized carbons (Fsp3) is 0.500. The van der Waals surface area contributed by atoms with Gasteiger partial charge < -0.3 is 0 Å². The van der Waals surface area contributed by atoms with Crippen LogP contribution in [-0.4, -0.2) is 40.0 Å². The molecule has 2 rings (SSSR count). The van der Waals surface area contributed by atoms with E-state index < -0.39 is 0 Å². The van der Waals surface area contributed by atoms with Gasteiger partial charge in [-0.15, -0.1) is 0 Å². The number of aromatic nitrogens is 2. The van der Waals surface area contributed by atoms with Crippen LogP contribution in [0.15, 0.2) is 18.7 Å². The standard InChI is InChI=1S/C8H11N3O2S2.Mo/c14-8(15)11(10-2-1-9-6-10)7-5-12-3-4-13-7;/h1-2,6-7H,3-5H2,(H,14,15);/q;+1/p-1. The van der Waals surface area contributed by atoms with Gasteiger partial charge >= 0.3 is 113 Å². The molecule has 0 spiro atoms. The van der Waals surface area contributed by atoms with Crippen LogP contribution in [0.25, 0.3) is 0 Å². The molecule has 0 saturated carbocycles. The van der Waals surface area contributed by atoms with Crippen molar-refractivity contribution < 1.29 is 28.0 Å². The molecule has 0 aromatic carbocycles. The van der Waals surface area contributed by atoms with Gasteiger partial charge in [0.05, 0.1) is 0 Å². The second-order valence-electron chi connectivity index (χ2n) is 3.04. The molecule has 1 atom stereocenters. The molecule has 16 heavy (non-hydrogen) atoms. The summed E-state index contributed by atoms with van der Waals surface area (Å²) in [5.41, 5.74) is 0. The van der Waals surface area contributed by atoms with Crippen molar-refractivity contribution in [1.29, 1.82) is 0 Å². The summed E-state index contributed by atoms with van der Waals surface area (Å²) < 4.78 is 13.6. The van der Waals surface area contributed by atoms with Crippen LogP contribution in [0.1, 0.15) is 0 Å². The Morgan fingerprint density at radius 3 is 3.06 bits per heavy atom. The Hall–Kier alpha value is 0.0583. The molecule has 1 unspecified atom stereocenters. The molecule has 2 heterocycles. The van der Waals surface area contributed by atoms with Gasteiger partial charge in [0.2, 0.25) is 0 Å². The van der Waals surface area contributed by atoms with Gasteiger partial charge in [0.15, 0.2) is 0 Å². The summed E-state index contributed by atoms with van der Waals surface area (Å²) in [5.74, 6) is 0. The van der Waals surface area contributed by atoms with Gasteiger partial charge in [0.25, 0.3) is 0 Å². The van der Waals surface area contributed by atoms with Crippen molar-refractivity contribution in [2.75, 3.05) is 24.8 Å². The summed E-state index contributed by atoms with van der Waals surface area (Å²) in [4.78, 5) is 4.01. The Morgan fingerprint density at radius 1 is 1.62 bits per heavy atom. The van der Waals surface area contributed by atoms with E-state index in [2.05, 4.69) is 4.98 Å². The molecule has 0 bridgehead atoms. The third kappa shape index (κ3) is 2.84. The molecule has 1 aromatic heterocycles. The average molecular weight is 340 g/mol. The van der Waals surface area contributed by atoms with E-state index in [4.69, 9.17) is 21.7 Å². The maximum atomic E-state index is 5.64. The first-order valence-electron chi connectivity index (χ1n) is 4.63. The van der Waals surface area contributed by atoms with Crippen LogP contribution in [0.3, 0.4) is 0 Å². The van der Waals surface area contributed by atoms with E-state index in [1.807, 2.05) is 34.4 Å². The Balaban J connectivity index is 2.17. The van der Waals surface area contributed by atoms with Crippen molar-refractivity contribution in [3.8, 4) is 0 Å². The van der Waals surface area contributed by atoms with Crippen molar-refractivity contribution in [2.24, 2.45) is 0 Å². The van der Waals surface area contributed by atoms with Crippen molar-refractivity contribution in [2.45, 2.75) is 6.23 Å². The Bertz CT molecular complexity index is 343. The molecular weight excluding hydrogens is 330 g/mol. The zero-order valence-corrected chi connectivity index (χ0v) is 12.0. The molecule has 1 aromatic rings. The van der Waals surface area contributed by atoms with E-state index in [1.54, 1.807) is 12.5 Å². The fourth-order valence-electron chi connectivity index (χ4n) is 1.39. The monoisotopic (exact) mass is 342 g/mol. The Kier molecular flexibility index (Phi) is 4.78. The van der Waals surface area contributed by atoms with Crippen molar-refractivity contribution in [3.63, 3.8) is 0 Å². The second-order valence-corrected chi connectivity index (χ2v) is 5.46. The van der Waals surface area contributed by atoms with Gasteiger partial charge in [-0.05, 0) is 0 Å². The number of hydrogen-bond acceptors (Lipinski definition) is 5. The van der Waals surface area contributed by atoms with Gasteiger partial charge in [-0.25, -0.2) is 0 Å². The summed E-state index contributed by atoms with van der Waals surface area (Å²) in [7, 11) is 1.51. The molecule has 1 aliphatic heterocycles. The first-order valence-corrected chi connectivity index (χ1v) is 8.24. The SMILES string of the molecule is S=C([S][Mo])N(C1COCCO1)n1ccnc1. The van der Waals surface area contributed by atoms with Crippen LogP contribution in [0.2, 0.25) is 0 Å². The van der Waals surface area contributed by atoms with Gasteiger partial charge in [0.1, 0.15) is 0 Å². The second kappa shape index (κ2) is 6.12. The van der Waals surface area contributed by atoms with E-state index in [-0.39, 0.29) is 6.23 Å². The van der Waals surface area contributed by atoms with Gasteiger partial charge in [0, 0.05) is 0 Å². The normalized spacial score (nSPS) is 20.6. The maximum absolute atomic E-state index is 5.64. The number of hydrogen-bond donors (Lipinski definition) is 0. The Morgan fingerprint density at radius 2 is 2.50 bits per heavy atom. The van der Waals surface area contributed by atoms with Gasteiger partial charge in [-0.3, -0.25) is 0 Å². The third-order valence-corrected chi connectivity index (χ3v) is 4.84. The molecule has 1 saturated heterocycles.